The van der Waals surface area contributed by atoms with Crippen molar-refractivity contribution in [3.63, 3.8) is 0 Å². The maximum Gasteiger partial charge on any atom is 0.0643 e. The summed E-state index contributed by atoms with van der Waals surface area (Å²) in [7, 11) is 0. The van der Waals surface area contributed by atoms with Gasteiger partial charge in [0.1, 0.15) is 0 Å². The molecule has 1 fully saturated rings. The molecule has 0 saturated carbocycles. The van der Waals surface area contributed by atoms with E-state index in [4.69, 9.17) is 4.74 Å². The Kier molecular flexibility index (Phi) is 2.94. The van der Waals surface area contributed by atoms with Gasteiger partial charge >= 0.3 is 0 Å². The largest absolute Gasteiger partial charge is 0.378 e. The number of benzene rings is 1. The first-order valence-electron chi connectivity index (χ1n) is 6.35. The average Bonchev–Trinajstić information content (AvgIpc) is 2.46. The summed E-state index contributed by atoms with van der Waals surface area (Å²) in [4.78, 5) is 0. The van der Waals surface area contributed by atoms with E-state index in [-0.39, 0.29) is 0 Å². The van der Waals surface area contributed by atoms with Crippen molar-refractivity contribution in [2.75, 3.05) is 13.2 Å². The Morgan fingerprint density at radius 1 is 1.12 bits per heavy atom. The van der Waals surface area contributed by atoms with Gasteiger partial charge in [0.05, 0.1) is 19.3 Å². The van der Waals surface area contributed by atoms with Crippen LogP contribution in [0.5, 0.6) is 0 Å². The Morgan fingerprint density at radius 2 is 2.00 bits per heavy atom. The molecule has 0 bridgehead atoms. The van der Waals surface area contributed by atoms with Gasteiger partial charge in [0, 0.05) is 6.04 Å². The molecule has 1 saturated heterocycles. The minimum absolute atomic E-state index is 0.549. The van der Waals surface area contributed by atoms with E-state index >= 15 is 0 Å². The molecular weight excluding hydrogens is 198 g/mol. The van der Waals surface area contributed by atoms with Crippen molar-refractivity contribution in [3.05, 3.63) is 35.4 Å². The normalized spacial score (nSPS) is 25.6. The van der Waals surface area contributed by atoms with Crippen molar-refractivity contribution in [2.45, 2.75) is 37.8 Å². The van der Waals surface area contributed by atoms with Crippen LogP contribution >= 0.6 is 0 Å². The van der Waals surface area contributed by atoms with Gasteiger partial charge in [-0.05, 0) is 30.4 Å². The second-order valence-corrected chi connectivity index (χ2v) is 4.90. The molecule has 2 nitrogen and oxygen atoms in total. The quantitative estimate of drug-likeness (QED) is 0.768. The average molecular weight is 217 g/mol. The number of fused-ring (bicyclic) bond motifs is 1. The van der Waals surface area contributed by atoms with Gasteiger partial charge in [0.25, 0.3) is 0 Å². The standard InChI is InChI=1S/C14H19NO/c1-3-7-13-11(5-1)6-2-4-8-14(13)15-12-9-16-10-12/h1,3,5,7,12,14-15H,2,4,6,8-10H2. The third-order valence-electron chi connectivity index (χ3n) is 3.69. The van der Waals surface area contributed by atoms with Crippen LogP contribution in [0.15, 0.2) is 24.3 Å². The lowest BCUT2D eigenvalue weighted by molar-refractivity contribution is -0.0106. The van der Waals surface area contributed by atoms with Crippen molar-refractivity contribution in [1.82, 2.24) is 5.32 Å². The van der Waals surface area contributed by atoms with Crippen molar-refractivity contribution in [2.24, 2.45) is 0 Å². The maximum absolute atomic E-state index is 5.23. The Hall–Kier alpha value is -0.860. The molecule has 1 aliphatic carbocycles. The van der Waals surface area contributed by atoms with Gasteiger partial charge in [-0.3, -0.25) is 0 Å². The lowest BCUT2D eigenvalue weighted by atomic mass is 9.98. The van der Waals surface area contributed by atoms with Gasteiger partial charge in [-0.1, -0.05) is 30.7 Å². The van der Waals surface area contributed by atoms with Gasteiger partial charge in [0.2, 0.25) is 0 Å². The molecule has 1 heterocycles. The lowest BCUT2D eigenvalue weighted by Crippen LogP contribution is -2.47. The SMILES string of the molecule is c1ccc2c(c1)CCCCC2NC1COC1. The Labute approximate surface area is 97.0 Å². The summed E-state index contributed by atoms with van der Waals surface area (Å²) in [5.41, 5.74) is 3.06. The van der Waals surface area contributed by atoms with Gasteiger partial charge in [-0.25, -0.2) is 0 Å². The summed E-state index contributed by atoms with van der Waals surface area (Å²) in [6.45, 7) is 1.78. The van der Waals surface area contributed by atoms with Crippen molar-refractivity contribution in [1.29, 1.82) is 0 Å². The fourth-order valence-electron chi connectivity index (χ4n) is 2.71. The molecule has 0 spiro atoms. The van der Waals surface area contributed by atoms with Crippen LogP contribution in [-0.2, 0) is 11.2 Å². The van der Waals surface area contributed by atoms with E-state index in [0.29, 0.717) is 12.1 Å². The summed E-state index contributed by atoms with van der Waals surface area (Å²) >= 11 is 0. The fourth-order valence-corrected chi connectivity index (χ4v) is 2.71. The van der Waals surface area contributed by atoms with Crippen LogP contribution in [0.4, 0.5) is 0 Å². The molecule has 0 aromatic heterocycles. The first kappa shape index (κ1) is 10.3. The van der Waals surface area contributed by atoms with E-state index < -0.39 is 0 Å². The molecule has 2 aliphatic rings. The third-order valence-corrected chi connectivity index (χ3v) is 3.69. The summed E-state index contributed by atoms with van der Waals surface area (Å²) in [5.74, 6) is 0. The van der Waals surface area contributed by atoms with Crippen LogP contribution in [0.1, 0.15) is 36.4 Å². The number of hydrogen-bond donors (Lipinski definition) is 1. The highest BCUT2D eigenvalue weighted by atomic mass is 16.5. The van der Waals surface area contributed by atoms with E-state index in [1.165, 1.54) is 36.8 Å². The summed E-state index contributed by atoms with van der Waals surface area (Å²) in [6.07, 6.45) is 5.18. The Bertz CT molecular complexity index is 360. The molecule has 0 radical (unpaired) electrons. The molecule has 1 aromatic rings. The first-order valence-corrected chi connectivity index (χ1v) is 6.35. The van der Waals surface area contributed by atoms with Gasteiger partial charge < -0.3 is 10.1 Å². The second-order valence-electron chi connectivity index (χ2n) is 4.90. The highest BCUT2D eigenvalue weighted by molar-refractivity contribution is 5.31. The second kappa shape index (κ2) is 4.56. The zero-order valence-corrected chi connectivity index (χ0v) is 9.61. The van der Waals surface area contributed by atoms with Crippen LogP contribution in [-0.4, -0.2) is 19.3 Å². The number of rotatable bonds is 2. The predicted molar refractivity (Wildman–Crippen MR) is 64.5 cm³/mol. The zero-order valence-electron chi connectivity index (χ0n) is 9.61. The minimum Gasteiger partial charge on any atom is -0.378 e. The molecule has 1 aromatic carbocycles. The van der Waals surface area contributed by atoms with Gasteiger partial charge in [-0.2, -0.15) is 0 Å². The van der Waals surface area contributed by atoms with Crippen LogP contribution in [0.25, 0.3) is 0 Å². The van der Waals surface area contributed by atoms with E-state index in [1.807, 2.05) is 0 Å². The zero-order chi connectivity index (χ0) is 10.8. The summed E-state index contributed by atoms with van der Waals surface area (Å²) in [5, 5.41) is 3.73. The number of ether oxygens (including phenoxy) is 1. The molecular formula is C14H19NO. The Morgan fingerprint density at radius 3 is 2.81 bits per heavy atom. The van der Waals surface area contributed by atoms with Crippen molar-refractivity contribution >= 4 is 0 Å². The van der Waals surface area contributed by atoms with Crippen LogP contribution in [0, 0.1) is 0 Å². The monoisotopic (exact) mass is 217 g/mol. The molecule has 1 N–H and O–H groups in total. The van der Waals surface area contributed by atoms with Crippen LogP contribution < -0.4 is 5.32 Å². The first-order chi connectivity index (χ1) is 7.93. The van der Waals surface area contributed by atoms with E-state index in [1.54, 1.807) is 0 Å². The molecule has 2 heteroatoms. The number of nitrogens with one attached hydrogen (secondary N) is 1. The fraction of sp³-hybridized carbons (Fsp3) is 0.571. The molecule has 1 unspecified atom stereocenters. The lowest BCUT2D eigenvalue weighted by Gasteiger charge is -2.32. The topological polar surface area (TPSA) is 21.3 Å². The Balaban J connectivity index is 1.81. The summed E-state index contributed by atoms with van der Waals surface area (Å²) in [6, 6.07) is 10.0. The highest BCUT2D eigenvalue weighted by Gasteiger charge is 2.24. The van der Waals surface area contributed by atoms with E-state index in [0.717, 1.165) is 13.2 Å². The van der Waals surface area contributed by atoms with Crippen molar-refractivity contribution in [3.8, 4) is 0 Å². The van der Waals surface area contributed by atoms with Crippen LogP contribution in [0.2, 0.25) is 0 Å². The molecule has 16 heavy (non-hydrogen) atoms. The van der Waals surface area contributed by atoms with Crippen molar-refractivity contribution < 1.29 is 4.74 Å². The third kappa shape index (κ3) is 2.00. The maximum atomic E-state index is 5.23. The van der Waals surface area contributed by atoms with Crippen LogP contribution in [0.3, 0.4) is 0 Å². The number of hydrogen-bond acceptors (Lipinski definition) is 2. The molecule has 1 aliphatic heterocycles. The van der Waals surface area contributed by atoms with E-state index in [2.05, 4.69) is 29.6 Å². The molecule has 0 amide bonds. The molecule has 86 valence electrons. The smallest absolute Gasteiger partial charge is 0.0643 e. The van der Waals surface area contributed by atoms with Gasteiger partial charge in [-0.15, -0.1) is 0 Å². The molecule has 1 atom stereocenters. The van der Waals surface area contributed by atoms with E-state index in [9.17, 15) is 0 Å². The molecule has 3 rings (SSSR count). The number of aryl methyl sites for hydroxylation is 1. The predicted octanol–water partition coefficient (Wildman–Crippen LogP) is 2.44. The summed E-state index contributed by atoms with van der Waals surface area (Å²) < 4.78 is 5.23. The highest BCUT2D eigenvalue weighted by Crippen LogP contribution is 2.29. The van der Waals surface area contributed by atoms with Gasteiger partial charge in [0.15, 0.2) is 0 Å². The minimum atomic E-state index is 0.549.